The van der Waals surface area contributed by atoms with Crippen LogP contribution in [0.3, 0.4) is 0 Å². The van der Waals surface area contributed by atoms with Crippen LogP contribution in [0.2, 0.25) is 4.34 Å². The summed E-state index contributed by atoms with van der Waals surface area (Å²) in [5, 5.41) is 16.1. The molecule has 9 heteroatoms. The number of rotatable bonds is 6. The van der Waals surface area contributed by atoms with Crippen LogP contribution in [0.4, 0.5) is 5.69 Å². The number of benzene rings is 1. The first-order chi connectivity index (χ1) is 17.1. The number of carbonyl (C=O) groups is 1. The van der Waals surface area contributed by atoms with Gasteiger partial charge in [0.1, 0.15) is 11.9 Å². The van der Waals surface area contributed by atoms with E-state index in [2.05, 4.69) is 38.5 Å². The topological polar surface area (TPSA) is 81.0 Å². The number of anilines is 1. The number of halogens is 1. The molecule has 2 aromatic rings. The minimum absolute atomic E-state index is 0.144. The van der Waals surface area contributed by atoms with Crippen molar-refractivity contribution in [1.29, 1.82) is 5.41 Å². The summed E-state index contributed by atoms with van der Waals surface area (Å²) < 4.78 is 0.597. The van der Waals surface area contributed by atoms with Crippen LogP contribution in [0.25, 0.3) is 0 Å². The molecule has 0 radical (unpaired) electrons. The van der Waals surface area contributed by atoms with Crippen molar-refractivity contribution in [3.8, 4) is 0 Å². The number of nitrogens with one attached hydrogen (secondary N) is 2. The van der Waals surface area contributed by atoms with Gasteiger partial charge in [-0.3, -0.25) is 10.2 Å². The summed E-state index contributed by atoms with van der Waals surface area (Å²) in [6.07, 6.45) is 7.62. The zero-order valence-corrected chi connectivity index (χ0v) is 21.5. The average Bonchev–Trinajstić information content (AvgIpc) is 3.62. The quantitative estimate of drug-likeness (QED) is 0.414. The van der Waals surface area contributed by atoms with Crippen LogP contribution in [0.1, 0.15) is 65.7 Å². The predicted molar refractivity (Wildman–Crippen MR) is 142 cm³/mol. The molecule has 3 aliphatic rings. The number of carbonyl (C=O) groups excluding carboxylic acids is 1. The van der Waals surface area contributed by atoms with Crippen molar-refractivity contribution in [2.75, 3.05) is 37.6 Å². The Morgan fingerprint density at radius 1 is 1.09 bits per heavy atom. The second-order valence-corrected chi connectivity index (χ2v) is 11.2. The summed E-state index contributed by atoms with van der Waals surface area (Å²) in [5.41, 5.74) is 4.09. The molecule has 186 valence electrons. The van der Waals surface area contributed by atoms with Gasteiger partial charge >= 0.3 is 0 Å². The molecule has 0 saturated carbocycles. The Labute approximate surface area is 215 Å². The first kappa shape index (κ1) is 24.1. The van der Waals surface area contributed by atoms with Crippen molar-refractivity contribution in [3.05, 3.63) is 50.7 Å². The molecule has 2 saturated heterocycles. The molecule has 35 heavy (non-hydrogen) atoms. The van der Waals surface area contributed by atoms with Crippen LogP contribution in [-0.4, -0.2) is 61.2 Å². The largest absolute Gasteiger partial charge is 0.390 e. The van der Waals surface area contributed by atoms with Gasteiger partial charge in [-0.25, -0.2) is 0 Å². The van der Waals surface area contributed by atoms with Crippen LogP contribution in [-0.2, 0) is 4.84 Å². The van der Waals surface area contributed by atoms with Crippen molar-refractivity contribution >= 4 is 46.1 Å². The molecule has 1 unspecified atom stereocenters. The van der Waals surface area contributed by atoms with Crippen molar-refractivity contribution in [2.24, 2.45) is 5.16 Å². The third-order valence-corrected chi connectivity index (χ3v) is 8.20. The van der Waals surface area contributed by atoms with Crippen molar-refractivity contribution in [2.45, 2.75) is 51.0 Å². The maximum Gasteiger partial charge on any atom is 0.261 e. The Morgan fingerprint density at radius 3 is 2.54 bits per heavy atom. The van der Waals surface area contributed by atoms with Gasteiger partial charge in [-0.15, -0.1) is 11.3 Å². The molecule has 1 aromatic carbocycles. The SMILES string of the molecule is N=C(c1ccc(C2=NOC(CNC(=O)c3ccc(Cl)s3)C2)c(N2CCCCCC2)c1)N1CCCC1. The second-order valence-electron chi connectivity index (χ2n) is 9.46. The van der Waals surface area contributed by atoms with Gasteiger partial charge in [-0.1, -0.05) is 41.7 Å². The highest BCUT2D eigenvalue weighted by Gasteiger charge is 2.27. The van der Waals surface area contributed by atoms with E-state index in [1.807, 2.05) is 0 Å². The smallest absolute Gasteiger partial charge is 0.261 e. The molecule has 0 bridgehead atoms. The number of amidine groups is 1. The standard InChI is InChI=1S/C26H32ClN5O2S/c27-24-10-9-23(35-24)26(33)29-17-19-16-21(30-34-19)20-8-7-18(25(28)32-13-5-6-14-32)15-22(20)31-11-3-1-2-4-12-31/h7-10,15,19,28H,1-6,11-14,16-17H2,(H,29,33). The number of thiophene rings is 1. The van der Waals surface area contributed by atoms with E-state index in [4.69, 9.17) is 21.8 Å². The Kier molecular flexibility index (Phi) is 7.58. The summed E-state index contributed by atoms with van der Waals surface area (Å²) in [4.78, 5) is 23.3. The van der Waals surface area contributed by atoms with E-state index in [9.17, 15) is 4.79 Å². The lowest BCUT2D eigenvalue weighted by Gasteiger charge is -2.27. The Morgan fingerprint density at radius 2 is 1.83 bits per heavy atom. The third kappa shape index (κ3) is 5.64. The van der Waals surface area contributed by atoms with Crippen LogP contribution >= 0.6 is 22.9 Å². The molecule has 1 atom stereocenters. The number of hydrogen-bond donors (Lipinski definition) is 2. The fourth-order valence-electron chi connectivity index (χ4n) is 5.05. The van der Waals surface area contributed by atoms with Crippen molar-refractivity contribution in [1.82, 2.24) is 10.2 Å². The zero-order valence-electron chi connectivity index (χ0n) is 19.9. The van der Waals surface area contributed by atoms with Gasteiger partial charge in [0.25, 0.3) is 5.91 Å². The molecule has 2 N–H and O–H groups in total. The van der Waals surface area contributed by atoms with Gasteiger partial charge in [-0.05, 0) is 43.9 Å². The molecule has 1 amide bonds. The van der Waals surface area contributed by atoms with Crippen LogP contribution in [0, 0.1) is 5.41 Å². The lowest BCUT2D eigenvalue weighted by atomic mass is 9.99. The molecular weight excluding hydrogens is 482 g/mol. The minimum Gasteiger partial charge on any atom is -0.390 e. The molecule has 2 fully saturated rings. The first-order valence-electron chi connectivity index (χ1n) is 12.6. The van der Waals surface area contributed by atoms with Crippen LogP contribution < -0.4 is 10.2 Å². The highest BCUT2D eigenvalue weighted by atomic mass is 35.5. The minimum atomic E-state index is -0.205. The summed E-state index contributed by atoms with van der Waals surface area (Å²) >= 11 is 7.22. The lowest BCUT2D eigenvalue weighted by molar-refractivity contribution is 0.0755. The summed E-state index contributed by atoms with van der Waals surface area (Å²) in [7, 11) is 0. The maximum atomic E-state index is 12.4. The number of likely N-dealkylation sites (tertiary alicyclic amines) is 1. The highest BCUT2D eigenvalue weighted by Crippen LogP contribution is 2.30. The van der Waals surface area contributed by atoms with Crippen LogP contribution in [0.5, 0.6) is 0 Å². The fourth-order valence-corrected chi connectivity index (χ4v) is 6.01. The number of hydrogen-bond acceptors (Lipinski definition) is 6. The summed E-state index contributed by atoms with van der Waals surface area (Å²) in [6.45, 7) is 4.35. The van der Waals surface area contributed by atoms with Crippen molar-refractivity contribution in [3.63, 3.8) is 0 Å². The van der Waals surface area contributed by atoms with Crippen LogP contribution in [0.15, 0.2) is 35.5 Å². The molecule has 0 aliphatic carbocycles. The number of amides is 1. The monoisotopic (exact) mass is 513 g/mol. The lowest BCUT2D eigenvalue weighted by Crippen LogP contribution is -2.32. The number of nitrogens with zero attached hydrogens (tertiary/aromatic N) is 3. The average molecular weight is 514 g/mol. The van der Waals surface area contributed by atoms with Gasteiger partial charge in [0.2, 0.25) is 0 Å². The Hall–Kier alpha value is -2.58. The van der Waals surface area contributed by atoms with Gasteiger partial charge in [-0.2, -0.15) is 0 Å². The Bertz CT molecular complexity index is 1100. The van der Waals surface area contributed by atoms with Gasteiger partial charge in [0, 0.05) is 49.4 Å². The second kappa shape index (κ2) is 11.0. The van der Waals surface area contributed by atoms with E-state index in [-0.39, 0.29) is 12.0 Å². The fraction of sp³-hybridized carbons (Fsp3) is 0.500. The first-order valence-corrected chi connectivity index (χ1v) is 13.8. The number of oxime groups is 1. The van der Waals surface area contributed by atoms with Crippen molar-refractivity contribution < 1.29 is 9.63 Å². The molecule has 7 nitrogen and oxygen atoms in total. The molecule has 0 spiro atoms. The van der Waals surface area contributed by atoms with E-state index in [1.165, 1.54) is 37.0 Å². The van der Waals surface area contributed by atoms with Gasteiger partial charge in [0.15, 0.2) is 0 Å². The van der Waals surface area contributed by atoms with E-state index in [1.54, 1.807) is 12.1 Å². The molecular formula is C26H32ClN5O2S. The summed E-state index contributed by atoms with van der Waals surface area (Å²) in [5.74, 6) is 0.470. The zero-order chi connectivity index (χ0) is 24.2. The molecule has 1 aromatic heterocycles. The highest BCUT2D eigenvalue weighted by molar-refractivity contribution is 7.18. The normalized spacial score (nSPS) is 20.4. The maximum absolute atomic E-state index is 12.4. The van der Waals surface area contributed by atoms with Gasteiger partial charge < -0.3 is 20.0 Å². The van der Waals surface area contributed by atoms with E-state index < -0.39 is 0 Å². The van der Waals surface area contributed by atoms with E-state index in [0.717, 1.165) is 61.5 Å². The predicted octanol–water partition coefficient (Wildman–Crippen LogP) is 5.13. The van der Waals surface area contributed by atoms with E-state index >= 15 is 0 Å². The molecule has 3 aliphatic heterocycles. The third-order valence-electron chi connectivity index (χ3n) is 6.97. The molecule has 4 heterocycles. The van der Waals surface area contributed by atoms with Gasteiger partial charge in [0.05, 0.1) is 21.5 Å². The van der Waals surface area contributed by atoms with E-state index in [0.29, 0.717) is 28.0 Å². The Balaban J connectivity index is 1.31. The summed E-state index contributed by atoms with van der Waals surface area (Å²) in [6, 6.07) is 9.80. The molecule has 5 rings (SSSR count).